The molecule has 0 unspecified atom stereocenters. The molecule has 0 radical (unpaired) electrons. The molecule has 1 aromatic heterocycles. The molecule has 106 valence electrons. The van der Waals surface area contributed by atoms with E-state index < -0.39 is 0 Å². The Hall–Kier alpha value is -1.77. The van der Waals surface area contributed by atoms with Gasteiger partial charge in [0.15, 0.2) is 5.78 Å². The molecular formula is C17H21NO2. The van der Waals surface area contributed by atoms with E-state index in [0.29, 0.717) is 12.4 Å². The quantitative estimate of drug-likeness (QED) is 0.841. The summed E-state index contributed by atoms with van der Waals surface area (Å²) in [7, 11) is 0. The van der Waals surface area contributed by atoms with Gasteiger partial charge in [-0.25, -0.2) is 0 Å². The lowest BCUT2D eigenvalue weighted by molar-refractivity contribution is 0.0891. The zero-order chi connectivity index (χ0) is 13.9. The predicted molar refractivity (Wildman–Crippen MR) is 80.4 cm³/mol. The van der Waals surface area contributed by atoms with Crippen molar-refractivity contribution >= 4 is 16.7 Å². The third-order valence-corrected chi connectivity index (χ3v) is 4.21. The largest absolute Gasteiger partial charge is 0.494 e. The summed E-state index contributed by atoms with van der Waals surface area (Å²) < 4.78 is 5.54. The van der Waals surface area contributed by atoms with E-state index in [1.54, 1.807) is 0 Å². The molecule has 3 nitrogen and oxygen atoms in total. The molecule has 0 atom stereocenters. The van der Waals surface area contributed by atoms with E-state index >= 15 is 0 Å². The number of ether oxygens (including phenoxy) is 1. The first kappa shape index (κ1) is 13.2. The summed E-state index contributed by atoms with van der Waals surface area (Å²) in [6, 6.07) is 5.90. The summed E-state index contributed by atoms with van der Waals surface area (Å²) in [5.74, 6) is 1.33. The number of carbonyl (C=O) groups is 1. The van der Waals surface area contributed by atoms with E-state index in [4.69, 9.17) is 4.74 Å². The predicted octanol–water partition coefficient (Wildman–Crippen LogP) is 4.33. The van der Waals surface area contributed by atoms with Crippen molar-refractivity contribution in [2.45, 2.75) is 39.0 Å². The van der Waals surface area contributed by atoms with Crippen LogP contribution >= 0.6 is 0 Å². The van der Waals surface area contributed by atoms with Crippen LogP contribution in [-0.4, -0.2) is 17.4 Å². The summed E-state index contributed by atoms with van der Waals surface area (Å²) >= 11 is 0. The summed E-state index contributed by atoms with van der Waals surface area (Å²) in [5.41, 5.74) is 1.83. The Kier molecular flexibility index (Phi) is 3.77. The fourth-order valence-electron chi connectivity index (χ4n) is 3.14. The topological polar surface area (TPSA) is 42.1 Å². The maximum absolute atomic E-state index is 12.7. The number of H-pyrrole nitrogens is 1. The number of rotatable bonds is 4. The number of hydrogen-bond acceptors (Lipinski definition) is 2. The molecule has 1 heterocycles. The SMILES string of the molecule is CCOc1ccc2[nH]cc(C(=O)C3CCCCC3)c2c1. The van der Waals surface area contributed by atoms with Crippen molar-refractivity contribution in [3.8, 4) is 5.75 Å². The number of hydrogen-bond donors (Lipinski definition) is 1. The van der Waals surface area contributed by atoms with Gasteiger partial charge in [-0.05, 0) is 38.0 Å². The number of benzene rings is 1. The Labute approximate surface area is 119 Å². The van der Waals surface area contributed by atoms with E-state index in [1.807, 2.05) is 31.3 Å². The number of aromatic nitrogens is 1. The van der Waals surface area contributed by atoms with Crippen LogP contribution in [0.3, 0.4) is 0 Å². The maximum atomic E-state index is 12.7. The average Bonchev–Trinajstić information content (AvgIpc) is 2.91. The molecule has 1 saturated carbocycles. The van der Waals surface area contributed by atoms with E-state index in [0.717, 1.165) is 35.1 Å². The van der Waals surface area contributed by atoms with E-state index in [2.05, 4.69) is 4.98 Å². The van der Waals surface area contributed by atoms with E-state index in [-0.39, 0.29) is 5.92 Å². The Morgan fingerprint density at radius 3 is 2.85 bits per heavy atom. The fourth-order valence-corrected chi connectivity index (χ4v) is 3.14. The van der Waals surface area contributed by atoms with Crippen molar-refractivity contribution in [1.29, 1.82) is 0 Å². The molecule has 0 aliphatic heterocycles. The third kappa shape index (κ3) is 2.45. The van der Waals surface area contributed by atoms with Crippen molar-refractivity contribution in [1.82, 2.24) is 4.98 Å². The highest BCUT2D eigenvalue weighted by Crippen LogP contribution is 2.31. The minimum Gasteiger partial charge on any atom is -0.494 e. The Balaban J connectivity index is 1.93. The molecular weight excluding hydrogens is 250 g/mol. The molecule has 0 spiro atoms. The molecule has 3 rings (SSSR count). The van der Waals surface area contributed by atoms with E-state index in [1.165, 1.54) is 19.3 Å². The van der Waals surface area contributed by atoms with Gasteiger partial charge in [-0.1, -0.05) is 19.3 Å². The van der Waals surface area contributed by atoms with Crippen LogP contribution in [0.15, 0.2) is 24.4 Å². The molecule has 0 saturated heterocycles. The van der Waals surface area contributed by atoms with Gasteiger partial charge in [0.25, 0.3) is 0 Å². The van der Waals surface area contributed by atoms with Gasteiger partial charge < -0.3 is 9.72 Å². The van der Waals surface area contributed by atoms with Crippen LogP contribution in [0.25, 0.3) is 10.9 Å². The fraction of sp³-hybridized carbons (Fsp3) is 0.471. The van der Waals surface area contributed by atoms with Crippen molar-refractivity contribution < 1.29 is 9.53 Å². The zero-order valence-corrected chi connectivity index (χ0v) is 11.9. The molecule has 0 bridgehead atoms. The van der Waals surface area contributed by atoms with Gasteiger partial charge in [-0.15, -0.1) is 0 Å². The number of aromatic amines is 1. The maximum Gasteiger partial charge on any atom is 0.168 e. The number of fused-ring (bicyclic) bond motifs is 1. The summed E-state index contributed by atoms with van der Waals surface area (Å²) in [6.07, 6.45) is 7.57. The summed E-state index contributed by atoms with van der Waals surface area (Å²) in [4.78, 5) is 15.9. The van der Waals surface area contributed by atoms with Crippen LogP contribution in [-0.2, 0) is 0 Å². The van der Waals surface area contributed by atoms with Gasteiger partial charge >= 0.3 is 0 Å². The normalized spacial score (nSPS) is 16.4. The van der Waals surface area contributed by atoms with Crippen molar-refractivity contribution in [3.05, 3.63) is 30.0 Å². The summed E-state index contributed by atoms with van der Waals surface area (Å²) in [5, 5.41) is 0.992. The average molecular weight is 271 g/mol. The molecule has 1 N–H and O–H groups in total. The lowest BCUT2D eigenvalue weighted by Gasteiger charge is -2.19. The van der Waals surface area contributed by atoms with Gasteiger partial charge in [-0.2, -0.15) is 0 Å². The van der Waals surface area contributed by atoms with Crippen LogP contribution in [0.4, 0.5) is 0 Å². The zero-order valence-electron chi connectivity index (χ0n) is 11.9. The van der Waals surface area contributed by atoms with Gasteiger partial charge in [0.05, 0.1) is 6.61 Å². The molecule has 1 aromatic carbocycles. The van der Waals surface area contributed by atoms with Crippen LogP contribution in [0.2, 0.25) is 0 Å². The lowest BCUT2D eigenvalue weighted by Crippen LogP contribution is -2.17. The number of ketones is 1. The second-order valence-corrected chi connectivity index (χ2v) is 5.54. The minimum absolute atomic E-state index is 0.207. The van der Waals surface area contributed by atoms with Gasteiger partial charge in [0.2, 0.25) is 0 Å². The van der Waals surface area contributed by atoms with Crippen LogP contribution in [0.1, 0.15) is 49.4 Å². The highest BCUT2D eigenvalue weighted by Gasteiger charge is 2.24. The first-order chi connectivity index (χ1) is 9.79. The van der Waals surface area contributed by atoms with Crippen molar-refractivity contribution in [3.63, 3.8) is 0 Å². The standard InChI is InChI=1S/C17H21NO2/c1-2-20-13-8-9-16-14(10-13)15(11-18-16)17(19)12-6-4-3-5-7-12/h8-12,18H,2-7H2,1H3. The van der Waals surface area contributed by atoms with Crippen molar-refractivity contribution in [2.24, 2.45) is 5.92 Å². The lowest BCUT2D eigenvalue weighted by atomic mass is 9.84. The molecule has 1 fully saturated rings. The van der Waals surface area contributed by atoms with Crippen LogP contribution < -0.4 is 4.74 Å². The van der Waals surface area contributed by atoms with Gasteiger partial charge in [-0.3, -0.25) is 4.79 Å². The van der Waals surface area contributed by atoms with E-state index in [9.17, 15) is 4.79 Å². The number of carbonyl (C=O) groups excluding carboxylic acids is 1. The molecule has 20 heavy (non-hydrogen) atoms. The molecule has 3 heteroatoms. The highest BCUT2D eigenvalue weighted by molar-refractivity contribution is 6.09. The molecule has 2 aromatic rings. The second kappa shape index (κ2) is 5.70. The first-order valence-corrected chi connectivity index (χ1v) is 7.57. The molecule has 0 amide bonds. The monoisotopic (exact) mass is 271 g/mol. The second-order valence-electron chi connectivity index (χ2n) is 5.54. The van der Waals surface area contributed by atoms with Gasteiger partial charge in [0.1, 0.15) is 5.75 Å². The van der Waals surface area contributed by atoms with Crippen molar-refractivity contribution in [2.75, 3.05) is 6.61 Å². The number of nitrogens with one attached hydrogen (secondary N) is 1. The molecule has 1 aliphatic carbocycles. The number of Topliss-reactive ketones (excluding diaryl/α,β-unsaturated/α-hetero) is 1. The molecule has 1 aliphatic rings. The smallest absolute Gasteiger partial charge is 0.168 e. The highest BCUT2D eigenvalue weighted by atomic mass is 16.5. The first-order valence-electron chi connectivity index (χ1n) is 7.57. The van der Waals surface area contributed by atoms with Crippen LogP contribution in [0, 0.1) is 5.92 Å². The Morgan fingerprint density at radius 2 is 2.10 bits per heavy atom. The Bertz CT molecular complexity index is 608. The van der Waals surface area contributed by atoms with Gasteiger partial charge in [0, 0.05) is 28.6 Å². The minimum atomic E-state index is 0.207. The Morgan fingerprint density at radius 1 is 1.30 bits per heavy atom. The summed E-state index contributed by atoms with van der Waals surface area (Å²) in [6.45, 7) is 2.61. The third-order valence-electron chi connectivity index (χ3n) is 4.21. The van der Waals surface area contributed by atoms with Crippen LogP contribution in [0.5, 0.6) is 5.75 Å².